The summed E-state index contributed by atoms with van der Waals surface area (Å²) in [4.78, 5) is 2.79. The second-order valence-electron chi connectivity index (χ2n) is 6.90. The minimum atomic E-state index is 0.296. The minimum absolute atomic E-state index is 0.296. The van der Waals surface area contributed by atoms with Crippen molar-refractivity contribution in [3.8, 4) is 0 Å². The number of nitrogens with zero attached hydrogens (tertiary/aromatic N) is 1. The Morgan fingerprint density at radius 2 is 2.11 bits per heavy atom. The highest BCUT2D eigenvalue weighted by Crippen LogP contribution is 2.44. The highest BCUT2D eigenvalue weighted by Gasteiger charge is 2.48. The van der Waals surface area contributed by atoms with Crippen molar-refractivity contribution in [3.05, 3.63) is 0 Å². The van der Waals surface area contributed by atoms with Crippen LogP contribution in [-0.4, -0.2) is 42.3 Å². The lowest BCUT2D eigenvalue weighted by molar-refractivity contribution is -0.124. The molecule has 0 aromatic heterocycles. The molecule has 1 heterocycles. The molecule has 2 saturated carbocycles. The third-order valence-corrected chi connectivity index (χ3v) is 5.99. The van der Waals surface area contributed by atoms with E-state index in [0.29, 0.717) is 17.7 Å². The van der Waals surface area contributed by atoms with Gasteiger partial charge in [0.25, 0.3) is 0 Å². The minimum Gasteiger partial charge on any atom is -0.375 e. The highest BCUT2D eigenvalue weighted by atomic mass is 16.5. The Morgan fingerprint density at radius 1 is 1.26 bits per heavy atom. The summed E-state index contributed by atoms with van der Waals surface area (Å²) < 4.78 is 6.03. The molecule has 3 nitrogen and oxygen atoms in total. The fraction of sp³-hybridized carbons (Fsp3) is 1.00. The van der Waals surface area contributed by atoms with E-state index < -0.39 is 0 Å². The van der Waals surface area contributed by atoms with Crippen molar-refractivity contribution in [2.45, 2.75) is 76.0 Å². The van der Waals surface area contributed by atoms with Crippen LogP contribution in [0.25, 0.3) is 0 Å². The van der Waals surface area contributed by atoms with E-state index in [1.54, 1.807) is 0 Å². The zero-order valence-electron chi connectivity index (χ0n) is 12.4. The van der Waals surface area contributed by atoms with Crippen LogP contribution in [0.1, 0.15) is 58.3 Å². The Hall–Kier alpha value is -0.120. The Morgan fingerprint density at radius 3 is 2.84 bits per heavy atom. The molecule has 3 aliphatic rings. The molecule has 0 aromatic carbocycles. The van der Waals surface area contributed by atoms with E-state index in [1.165, 1.54) is 51.4 Å². The van der Waals surface area contributed by atoms with Crippen molar-refractivity contribution in [1.29, 1.82) is 0 Å². The molecule has 2 N–H and O–H groups in total. The Labute approximate surface area is 117 Å². The fourth-order valence-corrected chi connectivity index (χ4v) is 4.81. The summed E-state index contributed by atoms with van der Waals surface area (Å²) in [6, 6.07) is 0.654. The van der Waals surface area contributed by atoms with Crippen LogP contribution < -0.4 is 5.73 Å². The second-order valence-corrected chi connectivity index (χ2v) is 6.90. The summed E-state index contributed by atoms with van der Waals surface area (Å²) in [5.74, 6) is 0.897. The smallest absolute Gasteiger partial charge is 0.0731 e. The van der Waals surface area contributed by atoms with Crippen molar-refractivity contribution < 1.29 is 4.74 Å². The molecule has 1 aliphatic heterocycles. The van der Waals surface area contributed by atoms with Crippen molar-refractivity contribution in [3.63, 3.8) is 0 Å². The first-order chi connectivity index (χ1) is 9.29. The lowest BCUT2D eigenvalue weighted by Gasteiger charge is -2.52. The molecular formula is C16H30N2O. The van der Waals surface area contributed by atoms with Crippen molar-refractivity contribution >= 4 is 0 Å². The molecule has 19 heavy (non-hydrogen) atoms. The van der Waals surface area contributed by atoms with Gasteiger partial charge in [0.2, 0.25) is 0 Å². The number of ether oxygens (including phenoxy) is 1. The third kappa shape index (κ3) is 2.45. The topological polar surface area (TPSA) is 38.5 Å². The summed E-state index contributed by atoms with van der Waals surface area (Å²) in [7, 11) is 0. The Bertz CT molecular complexity index is 307. The van der Waals surface area contributed by atoms with Gasteiger partial charge in [-0.1, -0.05) is 26.2 Å². The SMILES string of the molecule is CCC1CCC(CN)(N2CCOC3CCCCC32)C1. The van der Waals surface area contributed by atoms with Crippen LogP contribution in [0.2, 0.25) is 0 Å². The standard InChI is InChI=1S/C16H30N2O/c1-2-13-7-8-16(11-13,12-17)18-9-10-19-15-6-4-3-5-14(15)18/h13-15H,2-12,17H2,1H3. The first kappa shape index (κ1) is 13.8. The number of nitrogens with two attached hydrogens (primary N) is 1. The van der Waals surface area contributed by atoms with Gasteiger partial charge in [-0.05, 0) is 38.0 Å². The zero-order valence-corrected chi connectivity index (χ0v) is 12.4. The van der Waals surface area contributed by atoms with Gasteiger partial charge in [-0.2, -0.15) is 0 Å². The van der Waals surface area contributed by atoms with Crippen LogP contribution in [0.4, 0.5) is 0 Å². The lowest BCUT2D eigenvalue weighted by Crippen LogP contribution is -2.63. The normalized spacial score (nSPS) is 44.2. The summed E-state index contributed by atoms with van der Waals surface area (Å²) in [5.41, 5.74) is 6.55. The van der Waals surface area contributed by atoms with Gasteiger partial charge in [0.05, 0.1) is 12.7 Å². The molecule has 0 bridgehead atoms. The number of hydrogen-bond donors (Lipinski definition) is 1. The fourth-order valence-electron chi connectivity index (χ4n) is 4.81. The lowest BCUT2D eigenvalue weighted by atomic mass is 9.84. The summed E-state index contributed by atoms with van der Waals surface area (Å²) in [6.45, 7) is 5.20. The van der Waals surface area contributed by atoms with Crippen LogP contribution in [-0.2, 0) is 4.74 Å². The molecule has 3 rings (SSSR count). The van der Waals surface area contributed by atoms with Gasteiger partial charge < -0.3 is 10.5 Å². The number of rotatable bonds is 3. The van der Waals surface area contributed by atoms with Gasteiger partial charge >= 0.3 is 0 Å². The maximum atomic E-state index is 6.26. The van der Waals surface area contributed by atoms with Crippen LogP contribution >= 0.6 is 0 Å². The van der Waals surface area contributed by atoms with Gasteiger partial charge in [-0.15, -0.1) is 0 Å². The molecule has 3 fully saturated rings. The van der Waals surface area contributed by atoms with Crippen LogP contribution in [0.3, 0.4) is 0 Å². The highest BCUT2D eigenvalue weighted by molar-refractivity contribution is 5.03. The summed E-state index contributed by atoms with van der Waals surface area (Å²) in [5, 5.41) is 0. The summed E-state index contributed by atoms with van der Waals surface area (Å²) >= 11 is 0. The van der Waals surface area contributed by atoms with E-state index in [-0.39, 0.29) is 0 Å². The Kier molecular flexibility index (Phi) is 4.16. The van der Waals surface area contributed by atoms with E-state index in [0.717, 1.165) is 25.6 Å². The van der Waals surface area contributed by atoms with Crippen molar-refractivity contribution in [2.24, 2.45) is 11.7 Å². The van der Waals surface area contributed by atoms with Crippen molar-refractivity contribution in [2.75, 3.05) is 19.7 Å². The molecule has 0 aromatic rings. The average Bonchev–Trinajstić information content (AvgIpc) is 2.91. The zero-order chi connectivity index (χ0) is 13.3. The van der Waals surface area contributed by atoms with Gasteiger partial charge in [-0.3, -0.25) is 4.90 Å². The van der Waals surface area contributed by atoms with E-state index >= 15 is 0 Å². The number of fused-ring (bicyclic) bond motifs is 1. The molecule has 110 valence electrons. The van der Waals surface area contributed by atoms with Crippen LogP contribution in [0.15, 0.2) is 0 Å². The predicted molar refractivity (Wildman–Crippen MR) is 78.1 cm³/mol. The van der Waals surface area contributed by atoms with Gasteiger partial charge in [-0.25, -0.2) is 0 Å². The van der Waals surface area contributed by atoms with Gasteiger partial charge in [0, 0.05) is 24.7 Å². The number of hydrogen-bond acceptors (Lipinski definition) is 3. The van der Waals surface area contributed by atoms with E-state index in [2.05, 4.69) is 11.8 Å². The molecule has 3 heteroatoms. The second kappa shape index (κ2) is 5.71. The average molecular weight is 266 g/mol. The predicted octanol–water partition coefficient (Wildman–Crippen LogP) is 2.54. The van der Waals surface area contributed by atoms with E-state index in [9.17, 15) is 0 Å². The monoisotopic (exact) mass is 266 g/mol. The van der Waals surface area contributed by atoms with Crippen molar-refractivity contribution in [1.82, 2.24) is 4.90 Å². The molecular weight excluding hydrogens is 236 g/mol. The van der Waals surface area contributed by atoms with E-state index in [1.807, 2.05) is 0 Å². The quantitative estimate of drug-likeness (QED) is 0.853. The largest absolute Gasteiger partial charge is 0.375 e. The van der Waals surface area contributed by atoms with Gasteiger partial charge in [0.1, 0.15) is 0 Å². The number of morpholine rings is 1. The molecule has 4 atom stereocenters. The maximum Gasteiger partial charge on any atom is 0.0731 e. The Balaban J connectivity index is 1.78. The first-order valence-corrected chi connectivity index (χ1v) is 8.37. The molecule has 0 spiro atoms. The van der Waals surface area contributed by atoms with Crippen LogP contribution in [0, 0.1) is 5.92 Å². The maximum absolute atomic E-state index is 6.26. The van der Waals surface area contributed by atoms with Crippen LogP contribution in [0.5, 0.6) is 0 Å². The third-order valence-electron chi connectivity index (χ3n) is 5.99. The molecule has 2 aliphatic carbocycles. The van der Waals surface area contributed by atoms with E-state index in [4.69, 9.17) is 10.5 Å². The molecule has 1 saturated heterocycles. The first-order valence-electron chi connectivity index (χ1n) is 8.37. The molecule has 4 unspecified atom stereocenters. The summed E-state index contributed by atoms with van der Waals surface area (Å²) in [6.07, 6.45) is 11.1. The molecule has 0 amide bonds. The van der Waals surface area contributed by atoms with Gasteiger partial charge in [0.15, 0.2) is 0 Å². The molecule has 0 radical (unpaired) electrons.